The van der Waals surface area contributed by atoms with Gasteiger partial charge in [-0.2, -0.15) is 4.31 Å². The van der Waals surface area contributed by atoms with Crippen molar-refractivity contribution >= 4 is 21.4 Å². The Morgan fingerprint density at radius 1 is 1.56 bits per heavy atom. The van der Waals surface area contributed by atoms with Crippen LogP contribution in [0.1, 0.15) is 24.1 Å². The molecule has 0 unspecified atom stereocenters. The van der Waals surface area contributed by atoms with Gasteiger partial charge in [-0.15, -0.1) is 11.3 Å². The molecular formula is C10H15NO3S2. The fourth-order valence-corrected chi connectivity index (χ4v) is 4.46. The van der Waals surface area contributed by atoms with Gasteiger partial charge in [-0.25, -0.2) is 8.42 Å². The third-order valence-corrected chi connectivity index (χ3v) is 6.12. The van der Waals surface area contributed by atoms with E-state index in [0.717, 1.165) is 19.3 Å². The first-order valence-electron chi connectivity index (χ1n) is 5.22. The van der Waals surface area contributed by atoms with Crippen LogP contribution >= 0.6 is 11.3 Å². The van der Waals surface area contributed by atoms with Crippen molar-refractivity contribution in [2.45, 2.75) is 36.8 Å². The Hall–Kier alpha value is -0.430. The van der Waals surface area contributed by atoms with Gasteiger partial charge >= 0.3 is 0 Å². The molecule has 90 valence electrons. The van der Waals surface area contributed by atoms with Crippen molar-refractivity contribution in [3.8, 4) is 0 Å². The van der Waals surface area contributed by atoms with Gasteiger partial charge in [0.1, 0.15) is 0 Å². The molecular weight excluding hydrogens is 246 g/mol. The van der Waals surface area contributed by atoms with Crippen molar-refractivity contribution in [3.05, 3.63) is 16.3 Å². The lowest BCUT2D eigenvalue weighted by molar-refractivity contribution is 0.248. The fourth-order valence-electron chi connectivity index (χ4n) is 1.78. The summed E-state index contributed by atoms with van der Waals surface area (Å²) in [5, 5.41) is 10.8. The Bertz CT molecular complexity index is 462. The van der Waals surface area contributed by atoms with Crippen LogP contribution in [-0.4, -0.2) is 30.9 Å². The van der Waals surface area contributed by atoms with Crippen LogP contribution in [0.15, 0.2) is 16.3 Å². The second kappa shape index (κ2) is 4.44. The lowest BCUT2D eigenvalue weighted by Gasteiger charge is -2.33. The molecule has 0 spiro atoms. The number of hydrogen-bond donors (Lipinski definition) is 1. The van der Waals surface area contributed by atoms with Crippen molar-refractivity contribution in [1.82, 2.24) is 4.31 Å². The summed E-state index contributed by atoms with van der Waals surface area (Å²) in [5.74, 6) is 0. The Kier molecular flexibility index (Phi) is 3.34. The second-order valence-electron chi connectivity index (χ2n) is 3.97. The van der Waals surface area contributed by atoms with Gasteiger partial charge in [-0.3, -0.25) is 0 Å². The lowest BCUT2D eigenvalue weighted by atomic mass is 9.94. The Labute approximate surface area is 99.6 Å². The molecule has 0 bridgehead atoms. The highest BCUT2D eigenvalue weighted by Gasteiger charge is 2.33. The molecule has 1 saturated carbocycles. The van der Waals surface area contributed by atoms with Gasteiger partial charge in [0.15, 0.2) is 0 Å². The monoisotopic (exact) mass is 261 g/mol. The van der Waals surface area contributed by atoms with Gasteiger partial charge in [-0.1, -0.05) is 6.42 Å². The molecule has 0 saturated heterocycles. The van der Waals surface area contributed by atoms with E-state index in [1.807, 2.05) is 0 Å². The molecule has 0 amide bonds. The van der Waals surface area contributed by atoms with E-state index in [0.29, 0.717) is 4.88 Å². The van der Waals surface area contributed by atoms with E-state index in [4.69, 9.17) is 5.11 Å². The Morgan fingerprint density at radius 3 is 2.75 bits per heavy atom. The highest BCUT2D eigenvalue weighted by atomic mass is 32.2. The molecule has 0 aromatic carbocycles. The normalized spacial score (nSPS) is 17.7. The minimum Gasteiger partial charge on any atom is -0.391 e. The molecule has 1 aromatic rings. The zero-order chi connectivity index (χ0) is 11.8. The number of nitrogens with zero attached hydrogens (tertiary/aromatic N) is 1. The van der Waals surface area contributed by atoms with Crippen LogP contribution in [0.4, 0.5) is 0 Å². The van der Waals surface area contributed by atoms with E-state index in [9.17, 15) is 8.42 Å². The number of hydrogen-bond acceptors (Lipinski definition) is 4. The molecule has 1 aliphatic rings. The average molecular weight is 261 g/mol. The van der Waals surface area contributed by atoms with Crippen molar-refractivity contribution in [3.63, 3.8) is 0 Å². The quantitative estimate of drug-likeness (QED) is 0.891. The minimum absolute atomic E-state index is 0.136. The van der Waals surface area contributed by atoms with Gasteiger partial charge in [-0.05, 0) is 24.3 Å². The maximum atomic E-state index is 12.2. The molecule has 0 aliphatic heterocycles. The van der Waals surface area contributed by atoms with Crippen molar-refractivity contribution < 1.29 is 13.5 Å². The van der Waals surface area contributed by atoms with Gasteiger partial charge in [0, 0.05) is 18.0 Å². The summed E-state index contributed by atoms with van der Waals surface area (Å²) in [6.45, 7) is -0.218. The molecule has 4 nitrogen and oxygen atoms in total. The highest BCUT2D eigenvalue weighted by molar-refractivity contribution is 7.89. The van der Waals surface area contributed by atoms with E-state index < -0.39 is 10.0 Å². The smallest absolute Gasteiger partial charge is 0.244 e. The van der Waals surface area contributed by atoms with E-state index >= 15 is 0 Å². The summed E-state index contributed by atoms with van der Waals surface area (Å²) >= 11 is 1.28. The van der Waals surface area contributed by atoms with Crippen LogP contribution in [0, 0.1) is 0 Å². The number of aliphatic hydroxyl groups is 1. The zero-order valence-electron chi connectivity index (χ0n) is 9.09. The SMILES string of the molecule is CN(C1CCC1)S(=O)(=O)c1ccsc1CO. The van der Waals surface area contributed by atoms with Crippen LogP contribution in [0.25, 0.3) is 0 Å². The summed E-state index contributed by atoms with van der Waals surface area (Å²) in [4.78, 5) is 0.778. The van der Waals surface area contributed by atoms with Crippen LogP contribution in [0.3, 0.4) is 0 Å². The molecule has 1 aliphatic carbocycles. The topological polar surface area (TPSA) is 57.6 Å². The number of thiophene rings is 1. The summed E-state index contributed by atoms with van der Waals surface area (Å²) < 4.78 is 25.9. The van der Waals surface area contributed by atoms with Crippen LogP contribution < -0.4 is 0 Å². The molecule has 0 radical (unpaired) electrons. The summed E-state index contributed by atoms with van der Waals surface area (Å²) in [5.41, 5.74) is 0. The van der Waals surface area contributed by atoms with Crippen LogP contribution in [0.5, 0.6) is 0 Å². The number of rotatable bonds is 4. The molecule has 0 atom stereocenters. The van der Waals surface area contributed by atoms with Gasteiger partial charge in [0.2, 0.25) is 10.0 Å². The summed E-state index contributed by atoms with van der Waals surface area (Å²) in [6, 6.07) is 1.71. The van der Waals surface area contributed by atoms with E-state index in [-0.39, 0.29) is 17.5 Å². The predicted octanol–water partition coefficient (Wildman–Crippen LogP) is 1.41. The van der Waals surface area contributed by atoms with Gasteiger partial charge < -0.3 is 5.11 Å². The van der Waals surface area contributed by atoms with Crippen molar-refractivity contribution in [2.75, 3.05) is 7.05 Å². The van der Waals surface area contributed by atoms with Gasteiger partial charge in [0.25, 0.3) is 0 Å². The number of sulfonamides is 1. The summed E-state index contributed by atoms with van der Waals surface area (Å²) in [6.07, 6.45) is 2.98. The molecule has 16 heavy (non-hydrogen) atoms. The molecule has 1 aromatic heterocycles. The van der Waals surface area contributed by atoms with Crippen molar-refractivity contribution in [2.24, 2.45) is 0 Å². The van der Waals surface area contributed by atoms with Gasteiger partial charge in [0.05, 0.1) is 11.5 Å². The maximum Gasteiger partial charge on any atom is 0.244 e. The molecule has 1 fully saturated rings. The molecule has 1 N–H and O–H groups in total. The van der Waals surface area contributed by atoms with E-state index in [1.54, 1.807) is 18.5 Å². The lowest BCUT2D eigenvalue weighted by Crippen LogP contribution is -2.41. The highest BCUT2D eigenvalue weighted by Crippen LogP contribution is 2.31. The number of aliphatic hydroxyl groups excluding tert-OH is 1. The second-order valence-corrected chi connectivity index (χ2v) is 6.94. The first kappa shape index (κ1) is 12.0. The van der Waals surface area contributed by atoms with Crippen LogP contribution in [0.2, 0.25) is 0 Å². The molecule has 1 heterocycles. The first-order chi connectivity index (χ1) is 7.57. The van der Waals surface area contributed by atoms with Crippen LogP contribution in [-0.2, 0) is 16.6 Å². The fraction of sp³-hybridized carbons (Fsp3) is 0.600. The predicted molar refractivity (Wildman–Crippen MR) is 62.8 cm³/mol. The molecule has 2 rings (SSSR count). The average Bonchev–Trinajstić information content (AvgIpc) is 2.62. The van der Waals surface area contributed by atoms with E-state index in [1.165, 1.54) is 15.6 Å². The molecule has 6 heteroatoms. The summed E-state index contributed by atoms with van der Waals surface area (Å²) in [7, 11) is -1.79. The van der Waals surface area contributed by atoms with Crippen molar-refractivity contribution in [1.29, 1.82) is 0 Å². The third-order valence-electron chi connectivity index (χ3n) is 3.09. The standard InChI is InChI=1S/C10H15NO3S2/c1-11(8-3-2-4-8)16(13,14)10-5-6-15-9(10)7-12/h5-6,8,12H,2-4,7H2,1H3. The van der Waals surface area contributed by atoms with E-state index in [2.05, 4.69) is 0 Å². The third kappa shape index (κ3) is 1.90. The Morgan fingerprint density at radius 2 is 2.25 bits per heavy atom. The largest absolute Gasteiger partial charge is 0.391 e. The zero-order valence-corrected chi connectivity index (χ0v) is 10.7. The Balaban J connectivity index is 2.30. The minimum atomic E-state index is -3.41. The first-order valence-corrected chi connectivity index (χ1v) is 7.54. The maximum absolute atomic E-state index is 12.2.